The number of carbonyl (C=O) groups is 2. The monoisotopic (exact) mass is 460 g/mol. The van der Waals surface area contributed by atoms with Gasteiger partial charge < -0.3 is 10.6 Å². The molecule has 1 heterocycles. The summed E-state index contributed by atoms with van der Waals surface area (Å²) in [5.74, 6) is 0.0936. The molecular weight excluding hydrogens is 424 g/mol. The van der Waals surface area contributed by atoms with Crippen LogP contribution in [-0.4, -0.2) is 54.5 Å². The second kappa shape index (κ2) is 8.73. The molecule has 3 aliphatic rings. The molecule has 2 aliphatic carbocycles. The molecule has 1 spiro atoms. The highest BCUT2D eigenvalue weighted by molar-refractivity contribution is 6.05. The van der Waals surface area contributed by atoms with E-state index < -0.39 is 5.91 Å². The molecule has 0 aromatic heterocycles. The summed E-state index contributed by atoms with van der Waals surface area (Å²) in [6.45, 7) is 1.43. The summed E-state index contributed by atoms with van der Waals surface area (Å²) in [7, 11) is 4.35. The number of urea groups is 1. The Bertz CT molecular complexity index is 1060. The second-order valence-corrected chi connectivity index (χ2v) is 10.7. The molecular formula is C28H36N4O2. The van der Waals surface area contributed by atoms with Gasteiger partial charge in [-0.05, 0) is 76.2 Å². The van der Waals surface area contributed by atoms with Crippen LogP contribution >= 0.6 is 0 Å². The minimum absolute atomic E-state index is 0.0256. The zero-order chi connectivity index (χ0) is 23.9. The van der Waals surface area contributed by atoms with Gasteiger partial charge in [-0.2, -0.15) is 0 Å². The molecule has 0 bridgehead atoms. The maximum absolute atomic E-state index is 13.9. The molecule has 2 N–H and O–H groups in total. The normalized spacial score (nSPS) is 27.4. The summed E-state index contributed by atoms with van der Waals surface area (Å²) in [4.78, 5) is 32.4. The predicted octanol–water partition coefficient (Wildman–Crippen LogP) is 4.60. The molecule has 0 unspecified atom stereocenters. The predicted molar refractivity (Wildman–Crippen MR) is 135 cm³/mol. The summed E-state index contributed by atoms with van der Waals surface area (Å²) in [5.41, 5.74) is 7.84. The van der Waals surface area contributed by atoms with Crippen molar-refractivity contribution in [1.29, 1.82) is 0 Å². The molecule has 1 saturated heterocycles. The van der Waals surface area contributed by atoms with Crippen LogP contribution in [0.1, 0.15) is 60.9 Å². The number of hydrogen-bond acceptors (Lipinski definition) is 3. The third-order valence-corrected chi connectivity index (χ3v) is 8.79. The average molecular weight is 461 g/mol. The summed E-state index contributed by atoms with van der Waals surface area (Å²) >= 11 is 0. The first kappa shape index (κ1) is 22.9. The van der Waals surface area contributed by atoms with E-state index in [1.165, 1.54) is 24.8 Å². The standard InChI is InChI=1S/C28H36N4O2/c1-30(2)28(22-11-4-3-5-12-22)17-15-27(16-18-28)20-31(24-14-7-6-13-23(24)25(29)33)26(34)32(27)19-21-9-8-10-21/h3-7,11-14,21H,8-10,15-20H2,1-2H3,(H2,29,33)/t27-,28-. The van der Waals surface area contributed by atoms with Crippen LogP contribution in [0.25, 0.3) is 0 Å². The van der Waals surface area contributed by atoms with Crippen LogP contribution < -0.4 is 10.6 Å². The second-order valence-electron chi connectivity index (χ2n) is 10.7. The first-order chi connectivity index (χ1) is 16.4. The lowest BCUT2D eigenvalue weighted by atomic mass is 9.68. The highest BCUT2D eigenvalue weighted by atomic mass is 16.2. The molecule has 3 fully saturated rings. The maximum Gasteiger partial charge on any atom is 0.325 e. The van der Waals surface area contributed by atoms with E-state index in [0.29, 0.717) is 23.7 Å². The van der Waals surface area contributed by atoms with Crippen molar-refractivity contribution in [3.63, 3.8) is 0 Å². The van der Waals surface area contributed by atoms with E-state index in [1.807, 2.05) is 17.0 Å². The summed E-state index contributed by atoms with van der Waals surface area (Å²) in [6, 6.07) is 18.1. The lowest BCUT2D eigenvalue weighted by molar-refractivity contribution is 0.0172. The maximum atomic E-state index is 13.9. The largest absolute Gasteiger partial charge is 0.366 e. The van der Waals surface area contributed by atoms with Crippen LogP contribution in [0.4, 0.5) is 10.5 Å². The number of nitrogens with zero attached hydrogens (tertiary/aromatic N) is 3. The van der Waals surface area contributed by atoms with E-state index in [0.717, 1.165) is 32.2 Å². The van der Waals surface area contributed by atoms with Crippen molar-refractivity contribution in [2.75, 3.05) is 32.1 Å². The summed E-state index contributed by atoms with van der Waals surface area (Å²) < 4.78 is 0. The van der Waals surface area contributed by atoms with Crippen molar-refractivity contribution < 1.29 is 9.59 Å². The Balaban J connectivity index is 1.48. The Kier molecular flexibility index (Phi) is 5.88. The SMILES string of the molecule is CN(C)[C@]1(c2ccccc2)CC[C@@]2(CC1)CN(c1ccccc1C(N)=O)C(=O)N2CC1CCC1. The van der Waals surface area contributed by atoms with E-state index in [1.54, 1.807) is 12.1 Å². The number of hydrogen-bond donors (Lipinski definition) is 1. The Morgan fingerprint density at radius 1 is 1.00 bits per heavy atom. The topological polar surface area (TPSA) is 69.9 Å². The molecule has 6 heteroatoms. The minimum Gasteiger partial charge on any atom is -0.366 e. The van der Waals surface area contributed by atoms with E-state index in [4.69, 9.17) is 5.73 Å². The molecule has 2 aromatic rings. The number of primary amides is 1. The molecule has 34 heavy (non-hydrogen) atoms. The van der Waals surface area contributed by atoms with Gasteiger partial charge in [0.2, 0.25) is 0 Å². The van der Waals surface area contributed by atoms with Crippen LogP contribution in [0, 0.1) is 5.92 Å². The summed E-state index contributed by atoms with van der Waals surface area (Å²) in [6.07, 6.45) is 7.51. The zero-order valence-corrected chi connectivity index (χ0v) is 20.4. The molecule has 0 atom stereocenters. The van der Waals surface area contributed by atoms with Crippen molar-refractivity contribution in [2.24, 2.45) is 11.7 Å². The van der Waals surface area contributed by atoms with Gasteiger partial charge in [-0.3, -0.25) is 14.6 Å². The number of anilines is 1. The third kappa shape index (κ3) is 3.68. The van der Waals surface area contributed by atoms with Gasteiger partial charge in [0.05, 0.1) is 23.3 Å². The van der Waals surface area contributed by atoms with Crippen LogP contribution in [0.2, 0.25) is 0 Å². The van der Waals surface area contributed by atoms with E-state index in [-0.39, 0.29) is 17.1 Å². The zero-order valence-electron chi connectivity index (χ0n) is 20.4. The van der Waals surface area contributed by atoms with E-state index in [2.05, 4.69) is 54.2 Å². The Morgan fingerprint density at radius 2 is 1.65 bits per heavy atom. The van der Waals surface area contributed by atoms with Crippen LogP contribution in [0.3, 0.4) is 0 Å². The van der Waals surface area contributed by atoms with E-state index in [9.17, 15) is 9.59 Å². The van der Waals surface area contributed by atoms with Crippen molar-refractivity contribution in [1.82, 2.24) is 9.80 Å². The van der Waals surface area contributed by atoms with Crippen molar-refractivity contribution in [2.45, 2.75) is 56.0 Å². The van der Waals surface area contributed by atoms with Crippen LogP contribution in [0.15, 0.2) is 54.6 Å². The molecule has 2 aromatic carbocycles. The first-order valence-electron chi connectivity index (χ1n) is 12.6. The number of rotatable bonds is 6. The highest BCUT2D eigenvalue weighted by Gasteiger charge is 2.55. The molecule has 0 radical (unpaired) electrons. The Labute approximate surface area is 202 Å². The number of para-hydroxylation sites is 1. The lowest BCUT2D eigenvalue weighted by Crippen LogP contribution is -2.56. The smallest absolute Gasteiger partial charge is 0.325 e. The van der Waals surface area contributed by atoms with Crippen LogP contribution in [0.5, 0.6) is 0 Å². The quantitative estimate of drug-likeness (QED) is 0.685. The van der Waals surface area contributed by atoms with Gasteiger partial charge in [0, 0.05) is 12.1 Å². The highest BCUT2D eigenvalue weighted by Crippen LogP contribution is 2.50. The minimum atomic E-state index is -0.491. The molecule has 2 saturated carbocycles. The van der Waals surface area contributed by atoms with E-state index >= 15 is 0 Å². The number of benzene rings is 2. The van der Waals surface area contributed by atoms with Gasteiger partial charge in [0.15, 0.2) is 0 Å². The third-order valence-electron chi connectivity index (χ3n) is 8.79. The first-order valence-corrected chi connectivity index (χ1v) is 12.6. The van der Waals surface area contributed by atoms with Crippen LogP contribution in [-0.2, 0) is 5.54 Å². The fourth-order valence-corrected chi connectivity index (χ4v) is 6.41. The van der Waals surface area contributed by atoms with Crippen molar-refractivity contribution in [3.05, 3.63) is 65.7 Å². The van der Waals surface area contributed by atoms with Crippen molar-refractivity contribution >= 4 is 17.6 Å². The molecule has 1 aliphatic heterocycles. The number of amides is 3. The average Bonchev–Trinajstić information content (AvgIpc) is 3.08. The van der Waals surface area contributed by atoms with Gasteiger partial charge in [0.1, 0.15) is 0 Å². The molecule has 3 amide bonds. The van der Waals surface area contributed by atoms with Gasteiger partial charge in [0.25, 0.3) is 5.91 Å². The molecule has 5 rings (SSSR count). The Morgan fingerprint density at radius 3 is 2.24 bits per heavy atom. The van der Waals surface area contributed by atoms with Gasteiger partial charge in [-0.15, -0.1) is 0 Å². The molecule has 180 valence electrons. The van der Waals surface area contributed by atoms with Gasteiger partial charge in [-0.25, -0.2) is 4.79 Å². The molecule has 6 nitrogen and oxygen atoms in total. The number of carbonyl (C=O) groups excluding carboxylic acids is 2. The lowest BCUT2D eigenvalue weighted by Gasteiger charge is -2.51. The van der Waals surface area contributed by atoms with Crippen molar-refractivity contribution in [3.8, 4) is 0 Å². The Hall–Kier alpha value is -2.86. The number of nitrogens with two attached hydrogens (primary N) is 1. The van der Waals surface area contributed by atoms with Gasteiger partial charge in [-0.1, -0.05) is 48.9 Å². The summed E-state index contributed by atoms with van der Waals surface area (Å²) in [5, 5.41) is 0. The fraction of sp³-hybridized carbons (Fsp3) is 0.500. The fourth-order valence-electron chi connectivity index (χ4n) is 6.41. The van der Waals surface area contributed by atoms with Gasteiger partial charge >= 0.3 is 6.03 Å².